The fourth-order valence-corrected chi connectivity index (χ4v) is 1.41. The minimum atomic E-state index is -1.00. The number of rotatable bonds is 4. The molecule has 0 aliphatic heterocycles. The average Bonchev–Trinajstić information content (AvgIpc) is 2.64. The number of aliphatic carboxylic acids is 1. The summed E-state index contributed by atoms with van der Waals surface area (Å²) in [6.45, 7) is 0. The lowest BCUT2D eigenvalue weighted by Crippen LogP contribution is -2.01. The van der Waals surface area contributed by atoms with E-state index < -0.39 is 5.97 Å². The predicted octanol–water partition coefficient (Wildman–Crippen LogP) is 0.993. The van der Waals surface area contributed by atoms with Crippen LogP contribution in [0.15, 0.2) is 28.8 Å². The van der Waals surface area contributed by atoms with Crippen molar-refractivity contribution < 1.29 is 19.5 Å². The highest BCUT2D eigenvalue weighted by atomic mass is 16.5. The minimum absolute atomic E-state index is 0.146. The highest BCUT2D eigenvalue weighted by Crippen LogP contribution is 2.14. The first-order chi connectivity index (χ1) is 8.13. The smallest absolute Gasteiger partial charge is 0.311 e. The van der Waals surface area contributed by atoms with Crippen molar-refractivity contribution in [2.75, 3.05) is 0 Å². The summed E-state index contributed by atoms with van der Waals surface area (Å²) in [6.07, 6.45) is 0.102. The van der Waals surface area contributed by atoms with Crippen LogP contribution in [0.4, 0.5) is 0 Å². The lowest BCUT2D eigenvalue weighted by atomic mass is 10.1. The number of hydrogen-bond donors (Lipinski definition) is 2. The van der Waals surface area contributed by atoms with Crippen molar-refractivity contribution in [1.82, 2.24) is 10.1 Å². The van der Waals surface area contributed by atoms with E-state index in [4.69, 9.17) is 9.63 Å². The lowest BCUT2D eigenvalue weighted by Gasteiger charge is -1.96. The third kappa shape index (κ3) is 3.04. The van der Waals surface area contributed by atoms with Crippen molar-refractivity contribution in [2.24, 2.45) is 0 Å². The molecule has 6 heteroatoms. The molecule has 2 rings (SSSR count). The molecule has 0 unspecified atom stereocenters. The summed E-state index contributed by atoms with van der Waals surface area (Å²) >= 11 is 0. The highest BCUT2D eigenvalue weighted by molar-refractivity contribution is 5.68. The number of phenolic OH excluding ortho intramolecular Hbond substituents is 1. The topological polar surface area (TPSA) is 96.5 Å². The second-order valence-electron chi connectivity index (χ2n) is 3.52. The monoisotopic (exact) mass is 234 g/mol. The van der Waals surface area contributed by atoms with Crippen LogP contribution in [0.25, 0.3) is 0 Å². The highest BCUT2D eigenvalue weighted by Gasteiger charge is 2.10. The second-order valence-corrected chi connectivity index (χ2v) is 3.52. The van der Waals surface area contributed by atoms with Crippen LogP contribution >= 0.6 is 0 Å². The van der Waals surface area contributed by atoms with Crippen LogP contribution in [-0.2, 0) is 17.6 Å². The third-order valence-electron chi connectivity index (χ3n) is 2.09. The van der Waals surface area contributed by atoms with Gasteiger partial charge in [0.05, 0.1) is 6.42 Å². The molecule has 0 amide bonds. The van der Waals surface area contributed by atoms with Gasteiger partial charge in [-0.15, -0.1) is 0 Å². The van der Waals surface area contributed by atoms with E-state index >= 15 is 0 Å². The molecule has 0 saturated heterocycles. The molecule has 0 fully saturated rings. The Balaban J connectivity index is 2.08. The van der Waals surface area contributed by atoms with Gasteiger partial charge in [0.25, 0.3) is 0 Å². The Hall–Kier alpha value is -2.37. The van der Waals surface area contributed by atoms with Gasteiger partial charge in [0.2, 0.25) is 5.89 Å². The molecular formula is C11H10N2O4. The number of benzene rings is 1. The summed E-state index contributed by atoms with van der Waals surface area (Å²) in [5.74, 6) is -0.373. The molecule has 6 nitrogen and oxygen atoms in total. The van der Waals surface area contributed by atoms with E-state index in [1.54, 1.807) is 24.3 Å². The van der Waals surface area contributed by atoms with Crippen molar-refractivity contribution in [1.29, 1.82) is 0 Å². The molecule has 1 heterocycles. The lowest BCUT2D eigenvalue weighted by molar-refractivity contribution is -0.136. The Morgan fingerprint density at radius 2 is 2.24 bits per heavy atom. The maximum atomic E-state index is 10.4. The standard InChI is InChI=1S/C11H10N2O4/c14-8-3-1-2-7(4-8)5-10-12-9(13-17-10)6-11(15)16/h1-4,14H,5-6H2,(H,15,16). The number of carbonyl (C=O) groups is 1. The first-order valence-corrected chi connectivity index (χ1v) is 4.94. The van der Waals surface area contributed by atoms with Crippen LogP contribution < -0.4 is 0 Å². The molecule has 0 bridgehead atoms. The van der Waals surface area contributed by atoms with E-state index in [1.165, 1.54) is 0 Å². The van der Waals surface area contributed by atoms with Crippen LogP contribution in [0, 0.1) is 0 Å². The fraction of sp³-hybridized carbons (Fsp3) is 0.182. The quantitative estimate of drug-likeness (QED) is 0.818. The Morgan fingerprint density at radius 3 is 2.94 bits per heavy atom. The summed E-state index contributed by atoms with van der Waals surface area (Å²) in [5.41, 5.74) is 0.815. The van der Waals surface area contributed by atoms with Crippen LogP contribution in [0.2, 0.25) is 0 Å². The molecule has 88 valence electrons. The molecule has 2 aromatic rings. The van der Waals surface area contributed by atoms with E-state index in [1.807, 2.05) is 0 Å². The molecule has 0 radical (unpaired) electrons. The van der Waals surface area contributed by atoms with Gasteiger partial charge >= 0.3 is 5.97 Å². The van der Waals surface area contributed by atoms with Gasteiger partial charge in [-0.2, -0.15) is 4.98 Å². The molecule has 0 aliphatic rings. The zero-order chi connectivity index (χ0) is 12.3. The summed E-state index contributed by atoms with van der Waals surface area (Å²) in [5, 5.41) is 21.4. The Kier molecular flexibility index (Phi) is 3.04. The number of nitrogens with zero attached hydrogens (tertiary/aromatic N) is 2. The number of carboxylic acid groups (broad SMARTS) is 1. The Morgan fingerprint density at radius 1 is 1.41 bits per heavy atom. The van der Waals surface area contributed by atoms with Crippen LogP contribution in [-0.4, -0.2) is 26.3 Å². The van der Waals surface area contributed by atoms with Gasteiger partial charge in [-0.3, -0.25) is 4.79 Å². The van der Waals surface area contributed by atoms with E-state index in [-0.39, 0.29) is 18.0 Å². The summed E-state index contributed by atoms with van der Waals surface area (Å²) in [6, 6.07) is 6.66. The molecular weight excluding hydrogens is 224 g/mol. The minimum Gasteiger partial charge on any atom is -0.508 e. The predicted molar refractivity (Wildman–Crippen MR) is 56.6 cm³/mol. The number of carboxylic acids is 1. The maximum absolute atomic E-state index is 10.4. The van der Waals surface area contributed by atoms with Gasteiger partial charge in [0.1, 0.15) is 12.2 Å². The van der Waals surface area contributed by atoms with E-state index in [9.17, 15) is 9.90 Å². The van der Waals surface area contributed by atoms with Crippen molar-refractivity contribution in [2.45, 2.75) is 12.8 Å². The number of aromatic hydroxyl groups is 1. The summed E-state index contributed by atoms with van der Waals surface area (Å²) in [7, 11) is 0. The number of aromatic nitrogens is 2. The average molecular weight is 234 g/mol. The zero-order valence-electron chi connectivity index (χ0n) is 8.83. The first-order valence-electron chi connectivity index (χ1n) is 4.94. The normalized spacial score (nSPS) is 10.4. The zero-order valence-corrected chi connectivity index (χ0v) is 8.83. The fourth-order valence-electron chi connectivity index (χ4n) is 1.41. The van der Waals surface area contributed by atoms with Gasteiger partial charge < -0.3 is 14.7 Å². The van der Waals surface area contributed by atoms with Gasteiger partial charge in [-0.25, -0.2) is 0 Å². The molecule has 17 heavy (non-hydrogen) atoms. The molecule has 0 spiro atoms. The van der Waals surface area contributed by atoms with E-state index in [0.29, 0.717) is 12.3 Å². The summed E-state index contributed by atoms with van der Waals surface area (Å²) in [4.78, 5) is 14.4. The first kappa shape index (κ1) is 11.1. The van der Waals surface area contributed by atoms with Crippen molar-refractivity contribution in [3.8, 4) is 5.75 Å². The number of phenols is 1. The molecule has 0 saturated carbocycles. The Labute approximate surface area is 96.5 Å². The Bertz CT molecular complexity index is 536. The van der Waals surface area contributed by atoms with Gasteiger partial charge in [-0.1, -0.05) is 17.3 Å². The van der Waals surface area contributed by atoms with Gasteiger partial charge in [0.15, 0.2) is 5.82 Å². The third-order valence-corrected chi connectivity index (χ3v) is 2.09. The van der Waals surface area contributed by atoms with Crippen molar-refractivity contribution in [3.63, 3.8) is 0 Å². The SMILES string of the molecule is O=C(O)Cc1noc(Cc2cccc(O)c2)n1. The number of hydrogen-bond acceptors (Lipinski definition) is 5. The van der Waals surface area contributed by atoms with E-state index in [0.717, 1.165) is 5.56 Å². The molecule has 2 N–H and O–H groups in total. The molecule has 1 aromatic carbocycles. The second kappa shape index (κ2) is 4.65. The summed E-state index contributed by atoms with van der Waals surface area (Å²) < 4.78 is 4.90. The van der Waals surface area contributed by atoms with Gasteiger partial charge in [-0.05, 0) is 17.7 Å². The largest absolute Gasteiger partial charge is 0.508 e. The van der Waals surface area contributed by atoms with Crippen LogP contribution in [0.3, 0.4) is 0 Å². The molecule has 0 atom stereocenters. The van der Waals surface area contributed by atoms with Crippen molar-refractivity contribution >= 4 is 5.97 Å². The maximum Gasteiger partial charge on any atom is 0.311 e. The molecule has 1 aromatic heterocycles. The van der Waals surface area contributed by atoms with E-state index in [2.05, 4.69) is 10.1 Å². The van der Waals surface area contributed by atoms with Crippen LogP contribution in [0.5, 0.6) is 5.75 Å². The van der Waals surface area contributed by atoms with Crippen LogP contribution in [0.1, 0.15) is 17.3 Å². The van der Waals surface area contributed by atoms with Gasteiger partial charge in [0, 0.05) is 0 Å². The van der Waals surface area contributed by atoms with Crippen molar-refractivity contribution in [3.05, 3.63) is 41.5 Å². The molecule has 0 aliphatic carbocycles.